The fourth-order valence-electron chi connectivity index (χ4n) is 3.40. The molecule has 1 saturated heterocycles. The Kier molecular flexibility index (Phi) is 10.7. The third-order valence-electron chi connectivity index (χ3n) is 5.11. The Hall–Kier alpha value is -1.72. The second-order valence-electron chi connectivity index (χ2n) is 7.66. The van der Waals surface area contributed by atoms with Gasteiger partial charge in [0.1, 0.15) is 12.4 Å². The summed E-state index contributed by atoms with van der Waals surface area (Å²) in [6.07, 6.45) is 0. The van der Waals surface area contributed by atoms with Gasteiger partial charge in [-0.15, -0.1) is 24.0 Å². The molecule has 0 bridgehead atoms. The minimum Gasteiger partial charge on any atom is -0.379 e. The van der Waals surface area contributed by atoms with Crippen LogP contribution in [0, 0.1) is 5.82 Å². The highest BCUT2D eigenvalue weighted by atomic mass is 127. The van der Waals surface area contributed by atoms with E-state index in [2.05, 4.69) is 39.5 Å². The van der Waals surface area contributed by atoms with Crippen LogP contribution in [0.25, 0.3) is 0 Å². The first-order valence-electron chi connectivity index (χ1n) is 10.6. The van der Waals surface area contributed by atoms with Crippen molar-refractivity contribution in [2.24, 2.45) is 4.99 Å². The van der Waals surface area contributed by atoms with Crippen molar-refractivity contribution in [1.82, 2.24) is 20.7 Å². The maximum Gasteiger partial charge on any atom is 0.191 e. The molecule has 1 atom stereocenters. The molecule has 1 fully saturated rings. The molecule has 1 aromatic heterocycles. The van der Waals surface area contributed by atoms with Crippen molar-refractivity contribution < 1.29 is 13.7 Å². The van der Waals surface area contributed by atoms with Crippen LogP contribution in [0.5, 0.6) is 0 Å². The summed E-state index contributed by atoms with van der Waals surface area (Å²) < 4.78 is 24.3. The fourth-order valence-corrected chi connectivity index (χ4v) is 3.40. The molecule has 0 spiro atoms. The molecule has 1 unspecified atom stereocenters. The molecule has 7 nitrogen and oxygen atoms in total. The fraction of sp³-hybridized carbons (Fsp3) is 0.545. The summed E-state index contributed by atoms with van der Waals surface area (Å²) in [5.74, 6) is 1.54. The lowest BCUT2D eigenvalue weighted by atomic mass is 10.0. The summed E-state index contributed by atoms with van der Waals surface area (Å²) in [5, 5.41) is 10.8. The summed E-state index contributed by atoms with van der Waals surface area (Å²) >= 11 is 0. The van der Waals surface area contributed by atoms with E-state index in [1.54, 1.807) is 0 Å². The van der Waals surface area contributed by atoms with Crippen molar-refractivity contribution in [1.29, 1.82) is 0 Å². The lowest BCUT2D eigenvalue weighted by Crippen LogP contribution is -2.46. The Morgan fingerprint density at radius 3 is 2.52 bits per heavy atom. The van der Waals surface area contributed by atoms with Gasteiger partial charge in [0, 0.05) is 32.2 Å². The molecule has 1 aliphatic rings. The van der Waals surface area contributed by atoms with Crippen molar-refractivity contribution in [2.45, 2.75) is 39.3 Å². The van der Waals surface area contributed by atoms with Crippen molar-refractivity contribution in [3.8, 4) is 0 Å². The molecule has 31 heavy (non-hydrogen) atoms. The van der Waals surface area contributed by atoms with Crippen LogP contribution in [0.2, 0.25) is 0 Å². The molecule has 2 N–H and O–H groups in total. The van der Waals surface area contributed by atoms with E-state index in [4.69, 9.17) is 9.26 Å². The standard InChI is InChI=1S/C22H32FN5O2.HI/c1-4-24-22(25-14-19-13-20(16(2)3)27-30-19)26-15-21(28-9-11-29-12-10-28)17-5-7-18(23)8-6-17;/h5-8,13,16,21H,4,9-12,14-15H2,1-3H3,(H2,24,25,26);1H. The van der Waals surface area contributed by atoms with E-state index in [1.165, 1.54) is 12.1 Å². The van der Waals surface area contributed by atoms with Crippen LogP contribution in [0.1, 0.15) is 49.7 Å². The number of halogens is 2. The summed E-state index contributed by atoms with van der Waals surface area (Å²) in [6, 6.07) is 8.77. The molecule has 0 saturated carbocycles. The average molecular weight is 545 g/mol. The normalized spacial score (nSPS) is 16.1. The van der Waals surface area contributed by atoms with Gasteiger partial charge in [0.15, 0.2) is 11.7 Å². The van der Waals surface area contributed by atoms with E-state index in [-0.39, 0.29) is 35.8 Å². The van der Waals surface area contributed by atoms with E-state index < -0.39 is 0 Å². The first kappa shape index (κ1) is 25.5. The number of hydrogen-bond donors (Lipinski definition) is 2. The van der Waals surface area contributed by atoms with Crippen molar-refractivity contribution in [3.05, 3.63) is 53.2 Å². The van der Waals surface area contributed by atoms with Gasteiger partial charge in [-0.3, -0.25) is 4.90 Å². The maximum absolute atomic E-state index is 13.4. The molecule has 2 aromatic rings. The van der Waals surface area contributed by atoms with E-state index in [0.29, 0.717) is 38.2 Å². The minimum atomic E-state index is -0.227. The number of ether oxygens (including phenoxy) is 1. The summed E-state index contributed by atoms with van der Waals surface area (Å²) in [4.78, 5) is 7.00. The number of rotatable bonds is 8. The van der Waals surface area contributed by atoms with E-state index in [0.717, 1.165) is 36.7 Å². The molecule has 0 aliphatic carbocycles. The predicted octanol–water partition coefficient (Wildman–Crippen LogP) is 3.68. The second kappa shape index (κ2) is 13.0. The van der Waals surface area contributed by atoms with E-state index in [9.17, 15) is 4.39 Å². The number of aromatic nitrogens is 1. The number of guanidine groups is 1. The Balaban J connectivity index is 0.00000341. The second-order valence-corrected chi connectivity index (χ2v) is 7.66. The SMILES string of the molecule is CCNC(=NCc1cc(C(C)C)no1)NCC(c1ccc(F)cc1)N1CCOCC1.I. The van der Waals surface area contributed by atoms with Crippen LogP contribution >= 0.6 is 24.0 Å². The van der Waals surface area contributed by atoms with Crippen LogP contribution in [-0.4, -0.2) is 55.4 Å². The largest absolute Gasteiger partial charge is 0.379 e. The average Bonchev–Trinajstić information content (AvgIpc) is 3.23. The Labute approximate surface area is 200 Å². The highest BCUT2D eigenvalue weighted by Gasteiger charge is 2.23. The lowest BCUT2D eigenvalue weighted by Gasteiger charge is -2.35. The maximum atomic E-state index is 13.4. The van der Waals surface area contributed by atoms with Gasteiger partial charge in [-0.2, -0.15) is 0 Å². The monoisotopic (exact) mass is 545 g/mol. The first-order chi connectivity index (χ1) is 14.6. The highest BCUT2D eigenvalue weighted by molar-refractivity contribution is 14.0. The Bertz CT molecular complexity index is 806. The number of aliphatic imine (C=N–C) groups is 1. The third-order valence-corrected chi connectivity index (χ3v) is 5.11. The highest BCUT2D eigenvalue weighted by Crippen LogP contribution is 2.21. The van der Waals surface area contributed by atoms with Gasteiger partial charge in [-0.05, 0) is 30.5 Å². The van der Waals surface area contributed by atoms with Crippen LogP contribution in [0.4, 0.5) is 4.39 Å². The number of nitrogens with one attached hydrogen (secondary N) is 2. The molecular weight excluding hydrogens is 512 g/mol. The third kappa shape index (κ3) is 7.73. The Morgan fingerprint density at radius 2 is 1.90 bits per heavy atom. The predicted molar refractivity (Wildman–Crippen MR) is 130 cm³/mol. The zero-order chi connectivity index (χ0) is 21.3. The van der Waals surface area contributed by atoms with E-state index >= 15 is 0 Å². The summed E-state index contributed by atoms with van der Waals surface area (Å²) in [6.45, 7) is 11.1. The quantitative estimate of drug-likeness (QED) is 0.300. The number of nitrogens with zero attached hydrogens (tertiary/aromatic N) is 3. The number of hydrogen-bond acceptors (Lipinski definition) is 5. The number of benzene rings is 1. The topological polar surface area (TPSA) is 74.9 Å². The number of morpholine rings is 1. The molecule has 2 heterocycles. The summed E-state index contributed by atoms with van der Waals surface area (Å²) in [7, 11) is 0. The zero-order valence-electron chi connectivity index (χ0n) is 18.4. The summed E-state index contributed by atoms with van der Waals surface area (Å²) in [5.41, 5.74) is 2.00. The zero-order valence-corrected chi connectivity index (χ0v) is 20.8. The molecule has 1 aliphatic heterocycles. The molecule has 0 radical (unpaired) electrons. The van der Waals surface area contributed by atoms with Crippen molar-refractivity contribution in [3.63, 3.8) is 0 Å². The van der Waals surface area contributed by atoms with Gasteiger partial charge in [-0.25, -0.2) is 9.38 Å². The van der Waals surface area contributed by atoms with Gasteiger partial charge >= 0.3 is 0 Å². The minimum absolute atomic E-state index is 0. The molecule has 172 valence electrons. The molecule has 1 aromatic carbocycles. The lowest BCUT2D eigenvalue weighted by molar-refractivity contribution is 0.0170. The first-order valence-corrected chi connectivity index (χ1v) is 10.6. The van der Waals surface area contributed by atoms with Crippen molar-refractivity contribution >= 4 is 29.9 Å². The van der Waals surface area contributed by atoms with E-state index in [1.807, 2.05) is 25.1 Å². The van der Waals surface area contributed by atoms with Crippen LogP contribution < -0.4 is 10.6 Å². The van der Waals surface area contributed by atoms with Gasteiger partial charge in [0.2, 0.25) is 0 Å². The van der Waals surface area contributed by atoms with Gasteiger partial charge < -0.3 is 19.9 Å². The van der Waals surface area contributed by atoms with Gasteiger partial charge in [0.25, 0.3) is 0 Å². The smallest absolute Gasteiger partial charge is 0.191 e. The van der Waals surface area contributed by atoms with Crippen molar-refractivity contribution in [2.75, 3.05) is 39.4 Å². The molecule has 3 rings (SSSR count). The Morgan fingerprint density at radius 1 is 1.19 bits per heavy atom. The van der Waals surface area contributed by atoms with Gasteiger partial charge in [0.05, 0.1) is 24.9 Å². The van der Waals surface area contributed by atoms with Crippen LogP contribution in [0.15, 0.2) is 39.8 Å². The molecular formula is C22H33FIN5O2. The van der Waals surface area contributed by atoms with Crippen LogP contribution in [0.3, 0.4) is 0 Å². The molecule has 0 amide bonds. The molecule has 9 heteroatoms. The van der Waals surface area contributed by atoms with Gasteiger partial charge in [-0.1, -0.05) is 31.1 Å². The van der Waals surface area contributed by atoms with Crippen LogP contribution in [-0.2, 0) is 11.3 Å².